The van der Waals surface area contributed by atoms with Gasteiger partial charge in [0.05, 0.1) is 5.69 Å². The number of hydrogen-bond acceptors (Lipinski definition) is 6. The third-order valence-corrected chi connectivity index (χ3v) is 4.69. The monoisotopic (exact) mass is 367 g/mol. The fourth-order valence-electron chi connectivity index (χ4n) is 1.95. The van der Waals surface area contributed by atoms with Crippen LogP contribution < -0.4 is 10.4 Å². The van der Waals surface area contributed by atoms with E-state index >= 15 is 0 Å². The van der Waals surface area contributed by atoms with Crippen molar-refractivity contribution in [2.24, 2.45) is 0 Å². The smallest absolute Gasteiger partial charge is 0.365 e. The quantitative estimate of drug-likeness (QED) is 0.633. The zero-order chi connectivity index (χ0) is 17.3. The van der Waals surface area contributed by atoms with Crippen LogP contribution in [-0.4, -0.2) is 33.7 Å². The van der Waals surface area contributed by atoms with Crippen LogP contribution in [0.4, 0.5) is 5.69 Å². The van der Waals surface area contributed by atoms with Gasteiger partial charge in [0.25, 0.3) is 10.0 Å². The number of anilines is 1. The number of nitrogens with one attached hydrogen (secondary N) is 2. The Labute approximate surface area is 140 Å². The molecule has 3 aromatic rings. The first kappa shape index (κ1) is 16.0. The lowest BCUT2D eigenvalue weighted by Gasteiger charge is -2.10. The molecule has 0 spiro atoms. The number of phenols is 1. The maximum Gasteiger partial charge on any atom is 0.365 e. The molecule has 0 radical (unpaired) electrons. The number of sulfonamides is 1. The molecule has 124 valence electrons. The average molecular weight is 368 g/mol. The van der Waals surface area contributed by atoms with Crippen LogP contribution in [0.3, 0.4) is 0 Å². The van der Waals surface area contributed by atoms with Crippen molar-refractivity contribution in [2.45, 2.75) is 4.90 Å². The third kappa shape index (κ3) is 3.09. The molecule has 0 aliphatic rings. The van der Waals surface area contributed by atoms with Crippen molar-refractivity contribution in [3.8, 4) is 11.4 Å². The number of tetrazole rings is 1. The SMILES string of the molecule is O=c1[nH]nnn1-c1ccc(NS(=O)(=O)c2cc(Cl)ccc2O)cc1. The van der Waals surface area contributed by atoms with Crippen LogP contribution in [0.5, 0.6) is 5.75 Å². The summed E-state index contributed by atoms with van der Waals surface area (Å²) in [5, 5.41) is 19.0. The zero-order valence-corrected chi connectivity index (χ0v) is 13.4. The zero-order valence-electron chi connectivity index (χ0n) is 11.8. The predicted molar refractivity (Wildman–Crippen MR) is 85.9 cm³/mol. The molecule has 0 bridgehead atoms. The molecular formula is C13H10ClN5O4S. The van der Waals surface area contributed by atoms with Crippen LogP contribution in [0.2, 0.25) is 5.02 Å². The molecule has 3 rings (SSSR count). The Bertz CT molecular complexity index is 1040. The van der Waals surface area contributed by atoms with E-state index in [1.807, 2.05) is 0 Å². The topological polar surface area (TPSA) is 130 Å². The number of H-pyrrole nitrogens is 1. The summed E-state index contributed by atoms with van der Waals surface area (Å²) in [5.41, 5.74) is 0.115. The van der Waals surface area contributed by atoms with E-state index in [1.165, 1.54) is 36.4 Å². The molecule has 11 heteroatoms. The molecule has 0 aliphatic heterocycles. The van der Waals surface area contributed by atoms with Gasteiger partial charge in [-0.05, 0) is 52.9 Å². The molecule has 24 heavy (non-hydrogen) atoms. The molecule has 9 nitrogen and oxygen atoms in total. The van der Waals surface area contributed by atoms with E-state index in [1.54, 1.807) is 0 Å². The summed E-state index contributed by atoms with van der Waals surface area (Å²) in [6.45, 7) is 0. The lowest BCUT2D eigenvalue weighted by molar-refractivity contribution is 0.459. The highest BCUT2D eigenvalue weighted by molar-refractivity contribution is 7.92. The van der Waals surface area contributed by atoms with Crippen molar-refractivity contribution in [1.82, 2.24) is 20.2 Å². The number of phenolic OH excluding ortho intramolecular Hbond substituents is 1. The first-order valence-corrected chi connectivity index (χ1v) is 8.35. The standard InChI is InChI=1S/C13H10ClN5O4S/c14-8-1-6-11(20)12(7-8)24(22,23)16-9-2-4-10(5-3-9)19-13(21)15-17-18-19/h1-7,16,20H,(H,15,18,21). The molecule has 0 aliphatic carbocycles. The summed E-state index contributed by atoms with van der Waals surface area (Å²) in [4.78, 5) is 11.1. The minimum absolute atomic E-state index is 0.175. The van der Waals surface area contributed by atoms with Gasteiger partial charge in [0.1, 0.15) is 10.6 Å². The molecule has 0 unspecified atom stereocenters. The number of aromatic nitrogens is 4. The number of benzene rings is 2. The maximum atomic E-state index is 12.3. The first-order chi connectivity index (χ1) is 11.4. The molecule has 0 fully saturated rings. The Morgan fingerprint density at radius 2 is 1.88 bits per heavy atom. The van der Waals surface area contributed by atoms with Crippen LogP contribution in [0.25, 0.3) is 5.69 Å². The lowest BCUT2D eigenvalue weighted by atomic mass is 10.3. The highest BCUT2D eigenvalue weighted by Gasteiger charge is 2.19. The molecule has 2 aromatic carbocycles. The number of halogens is 1. The first-order valence-electron chi connectivity index (χ1n) is 6.49. The van der Waals surface area contributed by atoms with Crippen molar-refractivity contribution in [3.05, 3.63) is 58.0 Å². The van der Waals surface area contributed by atoms with Crippen molar-refractivity contribution in [2.75, 3.05) is 4.72 Å². The van der Waals surface area contributed by atoms with Gasteiger partial charge in [-0.15, -0.1) is 0 Å². The van der Waals surface area contributed by atoms with E-state index in [2.05, 4.69) is 20.2 Å². The fraction of sp³-hybridized carbons (Fsp3) is 0. The number of hydrogen-bond donors (Lipinski definition) is 3. The highest BCUT2D eigenvalue weighted by atomic mass is 35.5. The maximum absolute atomic E-state index is 12.3. The normalized spacial score (nSPS) is 11.4. The largest absolute Gasteiger partial charge is 0.507 e. The summed E-state index contributed by atoms with van der Waals surface area (Å²) < 4.78 is 28.0. The van der Waals surface area contributed by atoms with Gasteiger partial charge in [0, 0.05) is 10.7 Å². The van der Waals surface area contributed by atoms with Crippen molar-refractivity contribution in [3.63, 3.8) is 0 Å². The van der Waals surface area contributed by atoms with Crippen LogP contribution >= 0.6 is 11.6 Å². The van der Waals surface area contributed by atoms with Gasteiger partial charge in [-0.25, -0.2) is 18.3 Å². The fourth-order valence-corrected chi connectivity index (χ4v) is 3.37. The van der Waals surface area contributed by atoms with Gasteiger partial charge in [-0.3, -0.25) is 4.72 Å². The molecule has 1 aromatic heterocycles. The van der Waals surface area contributed by atoms with Gasteiger partial charge >= 0.3 is 5.69 Å². The van der Waals surface area contributed by atoms with E-state index in [-0.39, 0.29) is 15.6 Å². The van der Waals surface area contributed by atoms with Crippen molar-refractivity contribution < 1.29 is 13.5 Å². The molecule has 3 N–H and O–H groups in total. The molecule has 0 atom stereocenters. The summed E-state index contributed by atoms with van der Waals surface area (Å²) in [6, 6.07) is 9.56. The van der Waals surface area contributed by atoms with Crippen LogP contribution in [0, 0.1) is 0 Å². The average Bonchev–Trinajstić information content (AvgIpc) is 2.96. The van der Waals surface area contributed by atoms with Gasteiger partial charge in [-0.2, -0.15) is 4.68 Å². The Balaban J connectivity index is 1.89. The van der Waals surface area contributed by atoms with Crippen LogP contribution in [-0.2, 0) is 10.0 Å². The second-order valence-electron chi connectivity index (χ2n) is 4.68. The number of aromatic amines is 1. The summed E-state index contributed by atoms with van der Waals surface area (Å²) in [7, 11) is -4.03. The molecule has 1 heterocycles. The molecule has 0 saturated heterocycles. The minimum Gasteiger partial charge on any atom is -0.507 e. The number of aromatic hydroxyl groups is 1. The van der Waals surface area contributed by atoms with E-state index in [9.17, 15) is 18.3 Å². The number of nitrogens with zero attached hydrogens (tertiary/aromatic N) is 3. The second-order valence-corrected chi connectivity index (χ2v) is 6.77. The third-order valence-electron chi connectivity index (χ3n) is 3.05. The van der Waals surface area contributed by atoms with Gasteiger partial charge in [0.2, 0.25) is 0 Å². The predicted octanol–water partition coefficient (Wildman–Crippen LogP) is 1.12. The van der Waals surface area contributed by atoms with Crippen molar-refractivity contribution >= 4 is 27.3 Å². The summed E-state index contributed by atoms with van der Waals surface area (Å²) in [6.07, 6.45) is 0. The van der Waals surface area contributed by atoms with E-state index in [0.29, 0.717) is 5.69 Å². The van der Waals surface area contributed by atoms with Gasteiger partial charge in [0.15, 0.2) is 0 Å². The van der Waals surface area contributed by atoms with Gasteiger partial charge < -0.3 is 5.11 Å². The Kier molecular flexibility index (Phi) is 3.99. The van der Waals surface area contributed by atoms with Crippen molar-refractivity contribution in [1.29, 1.82) is 0 Å². The second kappa shape index (κ2) is 5.98. The lowest BCUT2D eigenvalue weighted by Crippen LogP contribution is -2.16. The summed E-state index contributed by atoms with van der Waals surface area (Å²) in [5.74, 6) is -0.419. The molecular weight excluding hydrogens is 358 g/mol. The molecule has 0 saturated carbocycles. The Morgan fingerprint density at radius 3 is 2.50 bits per heavy atom. The van der Waals surface area contributed by atoms with E-state index in [4.69, 9.17) is 11.6 Å². The van der Waals surface area contributed by atoms with Gasteiger partial charge in [-0.1, -0.05) is 11.6 Å². The van der Waals surface area contributed by atoms with Crippen LogP contribution in [0.1, 0.15) is 0 Å². The van der Waals surface area contributed by atoms with E-state index < -0.39 is 21.5 Å². The number of rotatable bonds is 4. The Hall–Kier alpha value is -2.85. The molecule has 0 amide bonds. The summed E-state index contributed by atoms with van der Waals surface area (Å²) >= 11 is 5.77. The van der Waals surface area contributed by atoms with E-state index in [0.717, 1.165) is 10.7 Å². The van der Waals surface area contributed by atoms with Crippen LogP contribution in [0.15, 0.2) is 52.2 Å². The minimum atomic E-state index is -4.03. The Morgan fingerprint density at radius 1 is 1.17 bits per heavy atom. The highest BCUT2D eigenvalue weighted by Crippen LogP contribution is 2.27.